The zero-order valence-electron chi connectivity index (χ0n) is 14.1. The molecule has 2 unspecified atom stereocenters. The molecule has 2 fully saturated rings. The zero-order valence-corrected chi connectivity index (χ0v) is 14.1. The highest BCUT2D eigenvalue weighted by molar-refractivity contribution is 5.21. The maximum Gasteiger partial charge on any atom is 0.131 e. The lowest BCUT2D eigenvalue weighted by Gasteiger charge is -2.42. The minimum absolute atomic E-state index is 0.167. The van der Waals surface area contributed by atoms with E-state index in [0.717, 1.165) is 51.7 Å². The van der Waals surface area contributed by atoms with E-state index in [-0.39, 0.29) is 5.56 Å². The van der Waals surface area contributed by atoms with Crippen LogP contribution in [-0.2, 0) is 4.74 Å². The summed E-state index contributed by atoms with van der Waals surface area (Å²) in [5, 5.41) is 10.3. The summed E-state index contributed by atoms with van der Waals surface area (Å²) in [4.78, 5) is 4.66. The van der Waals surface area contributed by atoms with Crippen LogP contribution in [0.5, 0.6) is 0 Å². The molecule has 6 heteroatoms. The maximum atomic E-state index is 13.8. The number of β-amino-alcohol motifs (C(OH)–C–C–N with tert-alkyl or cyclic N) is 1. The first-order chi connectivity index (χ1) is 11.5. The van der Waals surface area contributed by atoms with Gasteiger partial charge in [-0.05, 0) is 38.9 Å². The van der Waals surface area contributed by atoms with Crippen molar-refractivity contribution >= 4 is 0 Å². The summed E-state index contributed by atoms with van der Waals surface area (Å²) in [5.74, 6) is -1.30. The molecule has 0 bridgehead atoms. The van der Waals surface area contributed by atoms with E-state index in [2.05, 4.69) is 16.7 Å². The summed E-state index contributed by atoms with van der Waals surface area (Å²) < 4.78 is 32.3. The number of halogens is 2. The molecule has 1 N–H and O–H groups in total. The summed E-state index contributed by atoms with van der Waals surface area (Å²) in [6.45, 7) is 7.02. The van der Waals surface area contributed by atoms with E-state index >= 15 is 0 Å². The topological polar surface area (TPSA) is 35.9 Å². The fourth-order valence-corrected chi connectivity index (χ4v) is 3.76. The number of hydrogen-bond donors (Lipinski definition) is 1. The smallest absolute Gasteiger partial charge is 0.131 e. The number of rotatable bonds is 4. The van der Waals surface area contributed by atoms with E-state index in [4.69, 9.17) is 4.74 Å². The number of hydrogen-bond acceptors (Lipinski definition) is 4. The van der Waals surface area contributed by atoms with Crippen molar-refractivity contribution in [2.45, 2.75) is 38.0 Å². The highest BCUT2D eigenvalue weighted by Crippen LogP contribution is 2.23. The van der Waals surface area contributed by atoms with E-state index in [0.29, 0.717) is 18.7 Å². The lowest BCUT2D eigenvalue weighted by Crippen LogP contribution is -2.51. The van der Waals surface area contributed by atoms with Gasteiger partial charge >= 0.3 is 0 Å². The summed E-state index contributed by atoms with van der Waals surface area (Å²) in [5.41, 5.74) is 0.167. The Labute approximate surface area is 142 Å². The molecule has 2 saturated heterocycles. The van der Waals surface area contributed by atoms with E-state index in [1.165, 1.54) is 12.1 Å². The molecule has 2 aliphatic rings. The molecule has 2 heterocycles. The minimum Gasteiger partial charge on any atom is -0.387 e. The lowest BCUT2D eigenvalue weighted by atomic mass is 10.0. The molecule has 0 saturated carbocycles. The Bertz CT molecular complexity index is 550. The van der Waals surface area contributed by atoms with Crippen LogP contribution >= 0.6 is 0 Å². The summed E-state index contributed by atoms with van der Waals surface area (Å²) >= 11 is 0. The Morgan fingerprint density at radius 2 is 2.00 bits per heavy atom. The van der Waals surface area contributed by atoms with Gasteiger partial charge in [-0.25, -0.2) is 8.78 Å². The Balaban J connectivity index is 1.49. The molecule has 134 valence electrons. The van der Waals surface area contributed by atoms with Gasteiger partial charge in [-0.1, -0.05) is 6.07 Å². The molecule has 0 spiro atoms. The molecule has 0 aliphatic carbocycles. The normalized spacial score (nSPS) is 25.8. The molecule has 2 atom stereocenters. The second kappa shape index (κ2) is 7.87. The number of benzene rings is 1. The molecule has 0 aromatic heterocycles. The third-order valence-corrected chi connectivity index (χ3v) is 5.10. The van der Waals surface area contributed by atoms with Crippen molar-refractivity contribution < 1.29 is 18.6 Å². The number of ether oxygens (including phenoxy) is 1. The quantitative estimate of drug-likeness (QED) is 0.911. The van der Waals surface area contributed by atoms with Crippen LogP contribution in [0.3, 0.4) is 0 Å². The predicted octanol–water partition coefficient (Wildman–Crippen LogP) is 2.18. The van der Waals surface area contributed by atoms with Gasteiger partial charge in [-0.3, -0.25) is 4.90 Å². The Morgan fingerprint density at radius 3 is 2.67 bits per heavy atom. The molecule has 24 heavy (non-hydrogen) atoms. The van der Waals surface area contributed by atoms with Crippen molar-refractivity contribution in [1.82, 2.24) is 9.80 Å². The van der Waals surface area contributed by atoms with Gasteiger partial charge in [0, 0.05) is 37.3 Å². The zero-order chi connectivity index (χ0) is 17.1. The third kappa shape index (κ3) is 4.30. The van der Waals surface area contributed by atoms with Gasteiger partial charge in [-0.2, -0.15) is 0 Å². The standard InChI is InChI=1S/C18H26F2N2O2/c1-13-11-22(8-9-24-13)15-4-6-21(7-5-15)12-18(23)16-3-2-14(19)10-17(16)20/h2-3,10,13,15,18,23H,4-9,11-12H2,1H3. The predicted molar refractivity (Wildman–Crippen MR) is 87.8 cm³/mol. The van der Waals surface area contributed by atoms with Crippen molar-refractivity contribution in [2.24, 2.45) is 0 Å². The van der Waals surface area contributed by atoms with Crippen LogP contribution < -0.4 is 0 Å². The van der Waals surface area contributed by atoms with Crippen LogP contribution in [0.2, 0.25) is 0 Å². The Hall–Kier alpha value is -1.08. The van der Waals surface area contributed by atoms with E-state index in [1.807, 2.05) is 0 Å². The van der Waals surface area contributed by atoms with Crippen LogP contribution in [0.15, 0.2) is 18.2 Å². The van der Waals surface area contributed by atoms with E-state index < -0.39 is 17.7 Å². The van der Waals surface area contributed by atoms with Crippen molar-refractivity contribution in [3.8, 4) is 0 Å². The SMILES string of the molecule is CC1CN(C2CCN(CC(O)c3ccc(F)cc3F)CC2)CCO1. The first-order valence-electron chi connectivity index (χ1n) is 8.74. The number of piperidine rings is 1. The number of nitrogens with zero attached hydrogens (tertiary/aromatic N) is 2. The Kier molecular flexibility index (Phi) is 5.81. The van der Waals surface area contributed by atoms with Crippen LogP contribution in [-0.4, -0.2) is 66.4 Å². The molecule has 1 aromatic carbocycles. The van der Waals surface area contributed by atoms with Crippen LogP contribution in [0.25, 0.3) is 0 Å². The van der Waals surface area contributed by atoms with E-state index in [1.54, 1.807) is 0 Å². The second-order valence-corrected chi connectivity index (χ2v) is 6.89. The average Bonchev–Trinajstić information content (AvgIpc) is 2.55. The first kappa shape index (κ1) is 17.7. The van der Waals surface area contributed by atoms with Gasteiger partial charge in [0.1, 0.15) is 11.6 Å². The molecule has 2 aliphatic heterocycles. The van der Waals surface area contributed by atoms with Gasteiger partial charge in [0.2, 0.25) is 0 Å². The van der Waals surface area contributed by atoms with Crippen molar-refractivity contribution in [1.29, 1.82) is 0 Å². The van der Waals surface area contributed by atoms with Crippen molar-refractivity contribution in [2.75, 3.05) is 39.3 Å². The summed E-state index contributed by atoms with van der Waals surface area (Å²) in [7, 11) is 0. The molecule has 0 amide bonds. The molecule has 0 radical (unpaired) electrons. The summed E-state index contributed by atoms with van der Waals surface area (Å²) in [6, 6.07) is 3.90. The molecule has 3 rings (SSSR count). The fraction of sp³-hybridized carbons (Fsp3) is 0.667. The first-order valence-corrected chi connectivity index (χ1v) is 8.74. The number of aliphatic hydroxyl groups excluding tert-OH is 1. The largest absolute Gasteiger partial charge is 0.387 e. The van der Waals surface area contributed by atoms with Gasteiger partial charge < -0.3 is 14.7 Å². The minimum atomic E-state index is -0.925. The molecule has 4 nitrogen and oxygen atoms in total. The van der Waals surface area contributed by atoms with Crippen molar-refractivity contribution in [3.63, 3.8) is 0 Å². The number of aliphatic hydroxyl groups is 1. The lowest BCUT2D eigenvalue weighted by molar-refractivity contribution is -0.0450. The van der Waals surface area contributed by atoms with Gasteiger partial charge in [0.05, 0.1) is 18.8 Å². The molecular weight excluding hydrogens is 314 g/mol. The van der Waals surface area contributed by atoms with Crippen LogP contribution in [0.1, 0.15) is 31.4 Å². The number of morpholine rings is 1. The maximum absolute atomic E-state index is 13.8. The molecule has 1 aromatic rings. The van der Waals surface area contributed by atoms with Gasteiger partial charge in [0.25, 0.3) is 0 Å². The third-order valence-electron chi connectivity index (χ3n) is 5.10. The van der Waals surface area contributed by atoms with E-state index in [9.17, 15) is 13.9 Å². The van der Waals surface area contributed by atoms with Crippen LogP contribution in [0, 0.1) is 11.6 Å². The molecular formula is C18H26F2N2O2. The van der Waals surface area contributed by atoms with Crippen LogP contribution in [0.4, 0.5) is 8.78 Å². The highest BCUT2D eigenvalue weighted by atomic mass is 19.1. The monoisotopic (exact) mass is 340 g/mol. The Morgan fingerprint density at radius 1 is 1.25 bits per heavy atom. The van der Waals surface area contributed by atoms with Gasteiger partial charge in [0.15, 0.2) is 0 Å². The highest BCUT2D eigenvalue weighted by Gasteiger charge is 2.28. The number of likely N-dealkylation sites (tertiary alicyclic amines) is 1. The van der Waals surface area contributed by atoms with Gasteiger partial charge in [-0.15, -0.1) is 0 Å². The second-order valence-electron chi connectivity index (χ2n) is 6.89. The summed E-state index contributed by atoms with van der Waals surface area (Å²) in [6.07, 6.45) is 1.46. The van der Waals surface area contributed by atoms with Crippen molar-refractivity contribution in [3.05, 3.63) is 35.4 Å². The average molecular weight is 340 g/mol. The fourth-order valence-electron chi connectivity index (χ4n) is 3.76.